The summed E-state index contributed by atoms with van der Waals surface area (Å²) in [6.45, 7) is 0.761. The molecule has 1 fully saturated rings. The van der Waals surface area contributed by atoms with E-state index in [1.54, 1.807) is 13.2 Å². The topological polar surface area (TPSA) is 70.6 Å². The van der Waals surface area contributed by atoms with E-state index >= 15 is 0 Å². The van der Waals surface area contributed by atoms with Gasteiger partial charge in [-0.3, -0.25) is 5.32 Å². The van der Waals surface area contributed by atoms with Crippen molar-refractivity contribution in [2.45, 2.75) is 44.4 Å². The number of ether oxygens (including phenoxy) is 1. The SMILES string of the molecule is CO[C@H]1CC[C@H](NCc2cccc(NC(=O)O)c2)CC1. The van der Waals surface area contributed by atoms with Crippen LogP contribution in [0.4, 0.5) is 10.5 Å². The highest BCUT2D eigenvalue weighted by Gasteiger charge is 2.20. The van der Waals surface area contributed by atoms with E-state index in [0.717, 1.165) is 37.8 Å². The van der Waals surface area contributed by atoms with Crippen molar-refractivity contribution in [3.8, 4) is 0 Å². The van der Waals surface area contributed by atoms with Crippen LogP contribution in [0, 0.1) is 0 Å². The summed E-state index contributed by atoms with van der Waals surface area (Å²) >= 11 is 0. The molecular formula is C15H22N2O3. The van der Waals surface area contributed by atoms with Crippen molar-refractivity contribution in [3.63, 3.8) is 0 Å². The van der Waals surface area contributed by atoms with Crippen molar-refractivity contribution in [2.24, 2.45) is 0 Å². The molecule has 1 aromatic rings. The molecule has 0 bridgehead atoms. The lowest BCUT2D eigenvalue weighted by molar-refractivity contribution is 0.0624. The zero-order valence-corrected chi connectivity index (χ0v) is 11.8. The molecule has 5 heteroatoms. The van der Waals surface area contributed by atoms with Crippen molar-refractivity contribution >= 4 is 11.8 Å². The van der Waals surface area contributed by atoms with Gasteiger partial charge in [-0.15, -0.1) is 0 Å². The Morgan fingerprint density at radius 3 is 2.75 bits per heavy atom. The first-order valence-electron chi connectivity index (χ1n) is 7.02. The minimum atomic E-state index is -1.03. The number of rotatable bonds is 5. The van der Waals surface area contributed by atoms with Crippen LogP contribution in [0.3, 0.4) is 0 Å². The van der Waals surface area contributed by atoms with E-state index in [9.17, 15) is 4.79 Å². The van der Waals surface area contributed by atoms with Crippen LogP contribution in [0.1, 0.15) is 31.2 Å². The zero-order valence-electron chi connectivity index (χ0n) is 11.8. The molecule has 0 atom stereocenters. The summed E-state index contributed by atoms with van der Waals surface area (Å²) in [6, 6.07) is 8.01. The Hall–Kier alpha value is -1.59. The van der Waals surface area contributed by atoms with Gasteiger partial charge in [-0.05, 0) is 43.4 Å². The van der Waals surface area contributed by atoms with Crippen molar-refractivity contribution in [2.75, 3.05) is 12.4 Å². The van der Waals surface area contributed by atoms with Crippen LogP contribution >= 0.6 is 0 Å². The minimum Gasteiger partial charge on any atom is -0.465 e. The third-order valence-electron chi connectivity index (χ3n) is 3.78. The lowest BCUT2D eigenvalue weighted by atomic mass is 9.93. The standard InChI is InChI=1S/C15H22N2O3/c1-20-14-7-5-12(6-8-14)16-10-11-3-2-4-13(9-11)17-15(18)19/h2-4,9,12,14,16-17H,5-8,10H2,1H3,(H,18,19)/t12-,14-. The quantitative estimate of drug-likeness (QED) is 0.774. The summed E-state index contributed by atoms with van der Waals surface area (Å²) in [5.74, 6) is 0. The van der Waals surface area contributed by atoms with E-state index in [1.165, 1.54) is 0 Å². The molecule has 1 aliphatic carbocycles. The van der Waals surface area contributed by atoms with Crippen molar-refractivity contribution in [1.29, 1.82) is 0 Å². The predicted octanol–water partition coefficient (Wildman–Crippen LogP) is 2.82. The normalized spacial score (nSPS) is 22.4. The number of carboxylic acid groups (broad SMARTS) is 1. The highest BCUT2D eigenvalue weighted by molar-refractivity contribution is 5.82. The van der Waals surface area contributed by atoms with Gasteiger partial charge in [0.2, 0.25) is 0 Å². The summed E-state index contributed by atoms with van der Waals surface area (Å²) in [5.41, 5.74) is 1.70. The Morgan fingerprint density at radius 1 is 1.35 bits per heavy atom. The number of methoxy groups -OCH3 is 1. The van der Waals surface area contributed by atoms with E-state index in [0.29, 0.717) is 17.8 Å². The third kappa shape index (κ3) is 4.51. The maximum Gasteiger partial charge on any atom is 0.409 e. The van der Waals surface area contributed by atoms with Crippen molar-refractivity contribution in [3.05, 3.63) is 29.8 Å². The van der Waals surface area contributed by atoms with Crippen LogP contribution in [0.5, 0.6) is 0 Å². The smallest absolute Gasteiger partial charge is 0.409 e. The highest BCUT2D eigenvalue weighted by Crippen LogP contribution is 2.21. The van der Waals surface area contributed by atoms with Crippen LogP contribution in [0.2, 0.25) is 0 Å². The average molecular weight is 278 g/mol. The number of nitrogens with one attached hydrogen (secondary N) is 2. The van der Waals surface area contributed by atoms with Gasteiger partial charge >= 0.3 is 6.09 Å². The first kappa shape index (κ1) is 14.8. The molecule has 110 valence electrons. The molecule has 1 aromatic carbocycles. The summed E-state index contributed by atoms with van der Waals surface area (Å²) in [4.78, 5) is 10.6. The van der Waals surface area contributed by atoms with E-state index in [2.05, 4.69) is 10.6 Å². The molecule has 0 unspecified atom stereocenters. The fraction of sp³-hybridized carbons (Fsp3) is 0.533. The number of amides is 1. The largest absolute Gasteiger partial charge is 0.465 e. The number of hydrogen-bond acceptors (Lipinski definition) is 3. The summed E-state index contributed by atoms with van der Waals surface area (Å²) in [5, 5.41) is 14.6. The molecule has 0 aromatic heterocycles. The molecule has 1 saturated carbocycles. The molecule has 1 amide bonds. The van der Waals surface area contributed by atoms with Gasteiger partial charge in [-0.2, -0.15) is 0 Å². The van der Waals surface area contributed by atoms with E-state index in [4.69, 9.17) is 9.84 Å². The third-order valence-corrected chi connectivity index (χ3v) is 3.78. The number of hydrogen-bond donors (Lipinski definition) is 3. The highest BCUT2D eigenvalue weighted by atomic mass is 16.5. The van der Waals surface area contributed by atoms with Crippen LogP contribution < -0.4 is 10.6 Å². The second-order valence-corrected chi connectivity index (χ2v) is 5.22. The molecule has 5 nitrogen and oxygen atoms in total. The Morgan fingerprint density at radius 2 is 2.10 bits per heavy atom. The first-order chi connectivity index (χ1) is 9.67. The first-order valence-corrected chi connectivity index (χ1v) is 7.02. The maximum absolute atomic E-state index is 10.6. The second kappa shape index (κ2) is 7.26. The van der Waals surface area contributed by atoms with Gasteiger partial charge in [0.15, 0.2) is 0 Å². The predicted molar refractivity (Wildman–Crippen MR) is 78.0 cm³/mol. The maximum atomic E-state index is 10.6. The molecule has 0 spiro atoms. The van der Waals surface area contributed by atoms with Gasteiger partial charge in [0.05, 0.1) is 6.10 Å². The fourth-order valence-corrected chi connectivity index (χ4v) is 2.65. The summed E-state index contributed by atoms with van der Waals surface area (Å²) in [7, 11) is 1.78. The number of benzene rings is 1. The molecule has 0 saturated heterocycles. The molecular weight excluding hydrogens is 256 g/mol. The Labute approximate surface area is 119 Å². The van der Waals surface area contributed by atoms with Gasteiger partial charge < -0.3 is 15.2 Å². The van der Waals surface area contributed by atoms with Crippen LogP contribution in [-0.4, -0.2) is 30.5 Å². The Kier molecular flexibility index (Phi) is 5.38. The lowest BCUT2D eigenvalue weighted by Crippen LogP contribution is -2.34. The van der Waals surface area contributed by atoms with Crippen molar-refractivity contribution in [1.82, 2.24) is 5.32 Å². The van der Waals surface area contributed by atoms with Gasteiger partial charge in [0.1, 0.15) is 0 Å². The van der Waals surface area contributed by atoms with Crippen LogP contribution in [-0.2, 0) is 11.3 Å². The lowest BCUT2D eigenvalue weighted by Gasteiger charge is -2.28. The summed E-state index contributed by atoms with van der Waals surface area (Å²) < 4.78 is 5.36. The molecule has 0 aliphatic heterocycles. The van der Waals surface area contributed by atoms with Crippen molar-refractivity contribution < 1.29 is 14.6 Å². The van der Waals surface area contributed by atoms with Gasteiger partial charge in [-0.25, -0.2) is 4.79 Å². The van der Waals surface area contributed by atoms with Gasteiger partial charge in [0.25, 0.3) is 0 Å². The zero-order chi connectivity index (χ0) is 14.4. The minimum absolute atomic E-state index is 0.413. The molecule has 3 N–H and O–H groups in total. The van der Waals surface area contributed by atoms with E-state index in [-0.39, 0.29) is 0 Å². The molecule has 0 heterocycles. The fourth-order valence-electron chi connectivity index (χ4n) is 2.65. The molecule has 0 radical (unpaired) electrons. The molecule has 20 heavy (non-hydrogen) atoms. The summed E-state index contributed by atoms with van der Waals surface area (Å²) in [6.07, 6.45) is 3.85. The van der Waals surface area contributed by atoms with E-state index in [1.807, 2.05) is 18.2 Å². The second-order valence-electron chi connectivity index (χ2n) is 5.22. The average Bonchev–Trinajstić information content (AvgIpc) is 2.45. The van der Waals surface area contributed by atoms with Crippen LogP contribution in [0.25, 0.3) is 0 Å². The monoisotopic (exact) mass is 278 g/mol. The Bertz CT molecular complexity index is 442. The number of carbonyl (C=O) groups is 1. The molecule has 1 aliphatic rings. The van der Waals surface area contributed by atoms with Crippen LogP contribution in [0.15, 0.2) is 24.3 Å². The molecule has 2 rings (SSSR count). The Balaban J connectivity index is 1.80. The van der Waals surface area contributed by atoms with E-state index < -0.39 is 6.09 Å². The number of anilines is 1. The van der Waals surface area contributed by atoms with Gasteiger partial charge in [0, 0.05) is 25.4 Å². The van der Waals surface area contributed by atoms with Gasteiger partial charge in [-0.1, -0.05) is 12.1 Å².